The molecule has 1 saturated carbocycles. The van der Waals surface area contributed by atoms with Crippen molar-refractivity contribution >= 4 is 39.6 Å². The molecule has 2 N–H and O–H groups in total. The highest BCUT2D eigenvalue weighted by atomic mass is 79.9. The summed E-state index contributed by atoms with van der Waals surface area (Å²) in [7, 11) is 0. The van der Waals surface area contributed by atoms with Gasteiger partial charge in [0.2, 0.25) is 5.91 Å². The van der Waals surface area contributed by atoms with E-state index in [1.807, 2.05) is 13.8 Å². The van der Waals surface area contributed by atoms with Crippen LogP contribution in [-0.4, -0.2) is 28.8 Å². The molecular formula is C16H20BrNO3S. The standard InChI is InChI=1S/C16H20BrNO3S/c1-9-6-14(10(2)5-13(9)17)22-8-15(19)18-12-4-3-11(7-12)16(20)21/h5-6,11-12H,3-4,7-8H2,1-2H3,(H,18,19)(H,20,21). The average molecular weight is 386 g/mol. The molecule has 6 heteroatoms. The van der Waals surface area contributed by atoms with E-state index in [1.165, 1.54) is 11.8 Å². The van der Waals surface area contributed by atoms with Crippen molar-refractivity contribution in [3.8, 4) is 0 Å². The second kappa shape index (κ2) is 7.51. The third-order valence-corrected chi connectivity index (χ3v) is 5.97. The first-order chi connectivity index (χ1) is 10.4. The van der Waals surface area contributed by atoms with Gasteiger partial charge < -0.3 is 10.4 Å². The van der Waals surface area contributed by atoms with Gasteiger partial charge in [0.1, 0.15) is 0 Å². The number of rotatable bonds is 5. The number of nitrogens with one attached hydrogen (secondary N) is 1. The van der Waals surface area contributed by atoms with Gasteiger partial charge in [-0.2, -0.15) is 0 Å². The van der Waals surface area contributed by atoms with Crippen molar-refractivity contribution in [3.63, 3.8) is 0 Å². The van der Waals surface area contributed by atoms with E-state index in [0.717, 1.165) is 26.9 Å². The molecule has 0 saturated heterocycles. The summed E-state index contributed by atoms with van der Waals surface area (Å²) in [6.45, 7) is 4.05. The number of halogens is 1. The minimum atomic E-state index is -0.757. The fourth-order valence-corrected chi connectivity index (χ4v) is 4.03. The van der Waals surface area contributed by atoms with Gasteiger partial charge in [-0.1, -0.05) is 15.9 Å². The fourth-order valence-electron chi connectivity index (χ4n) is 2.66. The number of carboxylic acids is 1. The number of carboxylic acid groups (broad SMARTS) is 1. The van der Waals surface area contributed by atoms with E-state index in [1.54, 1.807) is 0 Å². The summed E-state index contributed by atoms with van der Waals surface area (Å²) in [5.41, 5.74) is 2.29. The van der Waals surface area contributed by atoms with Gasteiger partial charge in [-0.25, -0.2) is 0 Å². The highest BCUT2D eigenvalue weighted by molar-refractivity contribution is 9.10. The minimum Gasteiger partial charge on any atom is -0.481 e. The normalized spacial score (nSPS) is 20.9. The Kier molecular flexibility index (Phi) is 5.92. The van der Waals surface area contributed by atoms with Crippen molar-refractivity contribution in [3.05, 3.63) is 27.7 Å². The minimum absolute atomic E-state index is 0.00181. The van der Waals surface area contributed by atoms with Crippen LogP contribution in [0.25, 0.3) is 0 Å². The van der Waals surface area contributed by atoms with Crippen LogP contribution in [0.5, 0.6) is 0 Å². The largest absolute Gasteiger partial charge is 0.481 e. The number of thioether (sulfide) groups is 1. The zero-order valence-corrected chi connectivity index (χ0v) is 15.1. The topological polar surface area (TPSA) is 66.4 Å². The van der Waals surface area contributed by atoms with Gasteiger partial charge in [0.05, 0.1) is 11.7 Å². The first kappa shape index (κ1) is 17.3. The fraction of sp³-hybridized carbons (Fsp3) is 0.500. The Labute approximate surface area is 143 Å². The van der Waals surface area contributed by atoms with Crippen LogP contribution in [0.4, 0.5) is 0 Å². The lowest BCUT2D eigenvalue weighted by Crippen LogP contribution is -2.34. The second-order valence-electron chi connectivity index (χ2n) is 5.77. The number of hydrogen-bond acceptors (Lipinski definition) is 3. The van der Waals surface area contributed by atoms with Crippen LogP contribution < -0.4 is 5.32 Å². The zero-order valence-electron chi connectivity index (χ0n) is 12.7. The Balaban J connectivity index is 1.84. The number of aliphatic carboxylic acids is 1. The van der Waals surface area contributed by atoms with Gasteiger partial charge >= 0.3 is 5.97 Å². The van der Waals surface area contributed by atoms with Gasteiger partial charge in [-0.05, 0) is 56.4 Å². The monoisotopic (exact) mass is 385 g/mol. The number of hydrogen-bond donors (Lipinski definition) is 2. The molecule has 1 aliphatic carbocycles. The Morgan fingerprint density at radius 1 is 1.32 bits per heavy atom. The molecule has 1 aliphatic rings. The van der Waals surface area contributed by atoms with Crippen LogP contribution in [0.15, 0.2) is 21.5 Å². The van der Waals surface area contributed by atoms with Crippen LogP contribution >= 0.6 is 27.7 Å². The number of aryl methyl sites for hydroxylation is 2. The summed E-state index contributed by atoms with van der Waals surface area (Å²) < 4.78 is 1.07. The Hall–Kier alpha value is -1.01. The van der Waals surface area contributed by atoms with E-state index < -0.39 is 5.97 Å². The Morgan fingerprint density at radius 2 is 2.05 bits per heavy atom. The number of carbonyl (C=O) groups is 2. The van der Waals surface area contributed by atoms with Gasteiger partial charge in [0.25, 0.3) is 0 Å². The van der Waals surface area contributed by atoms with E-state index in [2.05, 4.69) is 33.4 Å². The van der Waals surface area contributed by atoms with Crippen LogP contribution in [0.3, 0.4) is 0 Å². The molecule has 2 rings (SSSR count). The van der Waals surface area contributed by atoms with E-state index in [9.17, 15) is 9.59 Å². The lowest BCUT2D eigenvalue weighted by atomic mass is 10.1. The zero-order chi connectivity index (χ0) is 16.3. The third kappa shape index (κ3) is 4.49. The first-order valence-electron chi connectivity index (χ1n) is 7.28. The predicted octanol–water partition coefficient (Wildman–Crippen LogP) is 3.53. The Morgan fingerprint density at radius 3 is 2.68 bits per heavy atom. The van der Waals surface area contributed by atoms with Gasteiger partial charge in [0.15, 0.2) is 0 Å². The van der Waals surface area contributed by atoms with Crippen LogP contribution in [0, 0.1) is 19.8 Å². The lowest BCUT2D eigenvalue weighted by Gasteiger charge is -2.13. The van der Waals surface area contributed by atoms with Gasteiger partial charge in [0, 0.05) is 15.4 Å². The molecule has 2 unspecified atom stereocenters. The molecule has 1 aromatic rings. The first-order valence-corrected chi connectivity index (χ1v) is 9.06. The maximum absolute atomic E-state index is 12.0. The maximum atomic E-state index is 12.0. The van der Waals surface area contributed by atoms with E-state index >= 15 is 0 Å². The van der Waals surface area contributed by atoms with Crippen LogP contribution in [0.2, 0.25) is 0 Å². The smallest absolute Gasteiger partial charge is 0.306 e. The predicted molar refractivity (Wildman–Crippen MR) is 91.2 cm³/mol. The van der Waals surface area contributed by atoms with E-state index in [4.69, 9.17) is 5.11 Å². The highest BCUT2D eigenvalue weighted by Crippen LogP contribution is 2.29. The molecule has 1 aromatic carbocycles. The molecule has 22 heavy (non-hydrogen) atoms. The highest BCUT2D eigenvalue weighted by Gasteiger charge is 2.30. The van der Waals surface area contributed by atoms with Gasteiger partial charge in [-0.15, -0.1) is 11.8 Å². The second-order valence-corrected chi connectivity index (χ2v) is 7.64. The summed E-state index contributed by atoms with van der Waals surface area (Å²) in [6, 6.07) is 4.14. The van der Waals surface area contributed by atoms with Crippen LogP contribution in [0.1, 0.15) is 30.4 Å². The van der Waals surface area contributed by atoms with E-state index in [0.29, 0.717) is 18.6 Å². The molecule has 0 spiro atoms. The third-order valence-electron chi connectivity index (χ3n) is 3.96. The molecule has 1 amide bonds. The molecule has 0 aromatic heterocycles. The molecule has 120 valence electrons. The summed E-state index contributed by atoms with van der Waals surface area (Å²) >= 11 is 5.02. The van der Waals surface area contributed by atoms with E-state index in [-0.39, 0.29) is 17.9 Å². The summed E-state index contributed by atoms with van der Waals surface area (Å²) in [4.78, 5) is 24.0. The maximum Gasteiger partial charge on any atom is 0.306 e. The molecule has 0 radical (unpaired) electrons. The molecular weight excluding hydrogens is 366 g/mol. The lowest BCUT2D eigenvalue weighted by molar-refractivity contribution is -0.141. The van der Waals surface area contributed by atoms with Crippen molar-refractivity contribution in [1.29, 1.82) is 0 Å². The molecule has 0 heterocycles. The van der Waals surface area contributed by atoms with Crippen molar-refractivity contribution in [2.45, 2.75) is 44.0 Å². The van der Waals surface area contributed by atoms with Crippen molar-refractivity contribution < 1.29 is 14.7 Å². The summed E-state index contributed by atoms with van der Waals surface area (Å²) in [6.07, 6.45) is 1.95. The van der Waals surface area contributed by atoms with Gasteiger partial charge in [-0.3, -0.25) is 9.59 Å². The molecule has 2 atom stereocenters. The SMILES string of the molecule is Cc1cc(SCC(=O)NC2CCC(C(=O)O)C2)c(C)cc1Br. The number of amides is 1. The average Bonchev–Trinajstić information content (AvgIpc) is 2.90. The van der Waals surface area contributed by atoms with Crippen molar-refractivity contribution in [2.75, 3.05) is 5.75 Å². The Bertz CT molecular complexity index is 591. The number of benzene rings is 1. The van der Waals surface area contributed by atoms with Crippen molar-refractivity contribution in [1.82, 2.24) is 5.32 Å². The summed E-state index contributed by atoms with van der Waals surface area (Å²) in [5.74, 6) is -0.738. The molecule has 4 nitrogen and oxygen atoms in total. The van der Waals surface area contributed by atoms with Crippen molar-refractivity contribution in [2.24, 2.45) is 5.92 Å². The molecule has 0 aliphatic heterocycles. The van der Waals surface area contributed by atoms with Crippen LogP contribution in [-0.2, 0) is 9.59 Å². The number of carbonyl (C=O) groups excluding carboxylic acids is 1. The quantitative estimate of drug-likeness (QED) is 0.760. The molecule has 1 fully saturated rings. The molecule has 0 bridgehead atoms. The summed E-state index contributed by atoms with van der Waals surface area (Å²) in [5, 5.41) is 11.9.